The van der Waals surface area contributed by atoms with Crippen LogP contribution in [0.1, 0.15) is 53.7 Å². The third kappa shape index (κ3) is 6.98. The van der Waals surface area contributed by atoms with Crippen LogP contribution >= 0.6 is 0 Å². The Morgan fingerprint density at radius 3 is 2.37 bits per heavy atom. The Morgan fingerprint density at radius 1 is 0.971 bits per heavy atom. The first-order valence-electron chi connectivity index (χ1n) is 12.5. The summed E-state index contributed by atoms with van der Waals surface area (Å²) in [4.78, 5) is 28.4. The highest BCUT2D eigenvalue weighted by molar-refractivity contribution is 5.95. The molecule has 0 unspecified atom stereocenters. The third-order valence-corrected chi connectivity index (χ3v) is 6.46. The first-order chi connectivity index (χ1) is 16.8. The molecule has 0 bridgehead atoms. The molecule has 2 aromatic rings. The van der Waals surface area contributed by atoms with Gasteiger partial charge in [-0.3, -0.25) is 9.69 Å². The smallest absolute Gasteiger partial charge is 0.340 e. The number of ether oxygens (including phenoxy) is 3. The van der Waals surface area contributed by atoms with E-state index in [9.17, 15) is 9.59 Å². The van der Waals surface area contributed by atoms with E-state index in [-0.39, 0.29) is 11.9 Å². The Hall–Kier alpha value is -3.06. The lowest BCUT2D eigenvalue weighted by Gasteiger charge is -2.36. The highest BCUT2D eigenvalue weighted by atomic mass is 16.5. The second-order valence-corrected chi connectivity index (χ2v) is 8.99. The Labute approximate surface area is 209 Å². The minimum absolute atomic E-state index is 0.257. The summed E-state index contributed by atoms with van der Waals surface area (Å²) in [6, 6.07) is 9.65. The minimum atomic E-state index is -0.312. The molecule has 3 rings (SSSR count). The van der Waals surface area contributed by atoms with Crippen molar-refractivity contribution in [3.8, 4) is 11.5 Å². The zero-order valence-electron chi connectivity index (χ0n) is 21.7. The normalized spacial score (nSPS) is 14.0. The maximum atomic E-state index is 12.3. The molecule has 0 atom stereocenters. The molecule has 0 saturated carbocycles. The first kappa shape index (κ1) is 26.5. The fraction of sp³-hybridized carbons (Fsp3) is 0.500. The van der Waals surface area contributed by atoms with E-state index in [4.69, 9.17) is 14.2 Å². The summed E-state index contributed by atoms with van der Waals surface area (Å²) >= 11 is 0. The van der Waals surface area contributed by atoms with Gasteiger partial charge in [0.05, 0.1) is 24.5 Å². The molecule has 0 radical (unpaired) electrons. The van der Waals surface area contributed by atoms with Gasteiger partial charge < -0.3 is 19.1 Å². The molecule has 190 valence electrons. The number of carbonyl (C=O) groups excluding carboxylic acids is 2. The molecule has 0 spiro atoms. The number of esters is 2. The number of nitrogens with zero attached hydrogens (tertiary/aromatic N) is 2. The Kier molecular flexibility index (Phi) is 9.55. The average molecular weight is 483 g/mol. The van der Waals surface area contributed by atoms with Crippen LogP contribution in [0.15, 0.2) is 30.3 Å². The first-order valence-corrected chi connectivity index (χ1v) is 12.5. The molecule has 2 aromatic carbocycles. The van der Waals surface area contributed by atoms with E-state index in [1.807, 2.05) is 58.0 Å². The van der Waals surface area contributed by atoms with Crippen molar-refractivity contribution in [1.29, 1.82) is 0 Å². The number of rotatable bonds is 10. The molecular formula is C28H38N2O5. The molecule has 0 amide bonds. The predicted octanol–water partition coefficient (Wildman–Crippen LogP) is 4.70. The summed E-state index contributed by atoms with van der Waals surface area (Å²) in [6.45, 7) is 14.9. The van der Waals surface area contributed by atoms with E-state index in [1.165, 1.54) is 6.92 Å². The summed E-state index contributed by atoms with van der Waals surface area (Å²) in [5.74, 6) is 0.914. The lowest BCUT2D eigenvalue weighted by atomic mass is 10.0. The zero-order chi connectivity index (χ0) is 25.4. The lowest BCUT2D eigenvalue weighted by molar-refractivity contribution is -0.132. The Balaban J connectivity index is 1.43. The van der Waals surface area contributed by atoms with Crippen molar-refractivity contribution >= 4 is 17.6 Å². The quantitative estimate of drug-likeness (QED) is 0.276. The largest absolute Gasteiger partial charge is 0.493 e. The van der Waals surface area contributed by atoms with Gasteiger partial charge in [-0.2, -0.15) is 0 Å². The van der Waals surface area contributed by atoms with Crippen molar-refractivity contribution in [3.63, 3.8) is 0 Å². The Morgan fingerprint density at radius 2 is 1.69 bits per heavy atom. The van der Waals surface area contributed by atoms with E-state index in [0.29, 0.717) is 24.5 Å². The molecule has 7 nitrogen and oxygen atoms in total. The number of aryl methyl sites for hydroxylation is 1. The zero-order valence-corrected chi connectivity index (χ0v) is 21.7. The minimum Gasteiger partial charge on any atom is -0.493 e. The monoisotopic (exact) mass is 482 g/mol. The predicted molar refractivity (Wildman–Crippen MR) is 138 cm³/mol. The summed E-state index contributed by atoms with van der Waals surface area (Å²) in [5, 5.41) is 0. The van der Waals surface area contributed by atoms with Gasteiger partial charge in [0, 0.05) is 33.1 Å². The molecular weight excluding hydrogens is 444 g/mol. The number of anilines is 1. The molecule has 1 fully saturated rings. The number of para-hydroxylation sites is 1. The van der Waals surface area contributed by atoms with Crippen molar-refractivity contribution in [3.05, 3.63) is 52.6 Å². The van der Waals surface area contributed by atoms with Gasteiger partial charge >= 0.3 is 11.9 Å². The molecule has 0 aliphatic carbocycles. The van der Waals surface area contributed by atoms with Crippen LogP contribution in [0, 0.1) is 20.8 Å². The van der Waals surface area contributed by atoms with Crippen LogP contribution in [0.5, 0.6) is 11.5 Å². The topological polar surface area (TPSA) is 68.3 Å². The fourth-order valence-corrected chi connectivity index (χ4v) is 4.43. The Bertz CT molecular complexity index is 1030. The highest BCUT2D eigenvalue weighted by Crippen LogP contribution is 2.33. The van der Waals surface area contributed by atoms with Crippen LogP contribution in [-0.4, -0.2) is 62.8 Å². The van der Waals surface area contributed by atoms with E-state index < -0.39 is 0 Å². The van der Waals surface area contributed by atoms with Crippen molar-refractivity contribution < 1.29 is 23.8 Å². The van der Waals surface area contributed by atoms with Gasteiger partial charge in [-0.1, -0.05) is 12.1 Å². The highest BCUT2D eigenvalue weighted by Gasteiger charge is 2.21. The molecule has 1 aliphatic rings. The summed E-state index contributed by atoms with van der Waals surface area (Å²) in [5.41, 5.74) is 4.45. The summed E-state index contributed by atoms with van der Waals surface area (Å²) in [7, 11) is 0. The molecule has 0 aromatic heterocycles. The molecule has 35 heavy (non-hydrogen) atoms. The fourth-order valence-electron chi connectivity index (χ4n) is 4.43. The SMILES string of the molecule is CCOC(=O)c1ccccc1N1CCN(CCCCOc2cc(C)c(OC(C)=O)c(C)c2C)CC1. The van der Waals surface area contributed by atoms with E-state index in [2.05, 4.69) is 9.80 Å². The van der Waals surface area contributed by atoms with E-state index in [0.717, 1.165) is 73.7 Å². The number of unbranched alkanes of at least 4 members (excludes halogenated alkanes) is 1. The van der Waals surface area contributed by atoms with Gasteiger partial charge in [0.15, 0.2) is 0 Å². The number of benzene rings is 2. The molecule has 1 aliphatic heterocycles. The number of piperazine rings is 1. The third-order valence-electron chi connectivity index (χ3n) is 6.46. The van der Waals surface area contributed by atoms with Crippen molar-refractivity contribution in [2.75, 3.05) is 50.8 Å². The second kappa shape index (κ2) is 12.6. The van der Waals surface area contributed by atoms with Crippen LogP contribution < -0.4 is 14.4 Å². The van der Waals surface area contributed by atoms with Crippen molar-refractivity contribution in [2.24, 2.45) is 0 Å². The summed E-state index contributed by atoms with van der Waals surface area (Å²) < 4.78 is 16.6. The van der Waals surface area contributed by atoms with Crippen LogP contribution in [0.25, 0.3) is 0 Å². The standard InChI is InChI=1S/C28H38N2O5/c1-6-33-28(32)24-11-7-8-12-25(24)30-16-14-29(15-17-30)13-9-10-18-34-26-19-20(2)27(35-23(5)31)22(4)21(26)3/h7-8,11-12,19H,6,9-10,13-18H2,1-5H3. The van der Waals surface area contributed by atoms with Gasteiger partial charge in [-0.05, 0) is 82.0 Å². The van der Waals surface area contributed by atoms with Gasteiger partial charge in [-0.25, -0.2) is 4.79 Å². The van der Waals surface area contributed by atoms with E-state index in [1.54, 1.807) is 0 Å². The molecule has 1 heterocycles. The number of hydrogen-bond acceptors (Lipinski definition) is 7. The molecule has 1 saturated heterocycles. The van der Waals surface area contributed by atoms with Crippen LogP contribution in [0.4, 0.5) is 5.69 Å². The van der Waals surface area contributed by atoms with Crippen LogP contribution in [0.3, 0.4) is 0 Å². The van der Waals surface area contributed by atoms with E-state index >= 15 is 0 Å². The average Bonchev–Trinajstić information content (AvgIpc) is 2.85. The van der Waals surface area contributed by atoms with Gasteiger partial charge in [0.25, 0.3) is 0 Å². The lowest BCUT2D eigenvalue weighted by Crippen LogP contribution is -2.47. The maximum Gasteiger partial charge on any atom is 0.340 e. The second-order valence-electron chi connectivity index (χ2n) is 8.99. The van der Waals surface area contributed by atoms with Crippen LogP contribution in [-0.2, 0) is 9.53 Å². The van der Waals surface area contributed by atoms with Gasteiger partial charge in [0.1, 0.15) is 11.5 Å². The van der Waals surface area contributed by atoms with Crippen molar-refractivity contribution in [1.82, 2.24) is 4.90 Å². The van der Waals surface area contributed by atoms with Gasteiger partial charge in [-0.15, -0.1) is 0 Å². The number of hydrogen-bond donors (Lipinski definition) is 0. The van der Waals surface area contributed by atoms with Gasteiger partial charge in [0.2, 0.25) is 0 Å². The molecule has 0 N–H and O–H groups in total. The summed E-state index contributed by atoms with van der Waals surface area (Å²) in [6.07, 6.45) is 2.02. The number of carbonyl (C=O) groups is 2. The van der Waals surface area contributed by atoms with Crippen LogP contribution in [0.2, 0.25) is 0 Å². The molecule has 7 heteroatoms. The maximum absolute atomic E-state index is 12.3. The van der Waals surface area contributed by atoms with Crippen molar-refractivity contribution in [2.45, 2.75) is 47.5 Å².